The van der Waals surface area contributed by atoms with E-state index in [2.05, 4.69) is 11.9 Å². The third-order valence-corrected chi connectivity index (χ3v) is 5.94. The highest BCUT2D eigenvalue weighted by atomic mass is 32.2. The van der Waals surface area contributed by atoms with Crippen molar-refractivity contribution in [1.29, 1.82) is 0 Å². The van der Waals surface area contributed by atoms with E-state index in [9.17, 15) is 0 Å². The lowest BCUT2D eigenvalue weighted by Crippen LogP contribution is -1.84. The molecule has 20 heavy (non-hydrogen) atoms. The van der Waals surface area contributed by atoms with Crippen LogP contribution in [0, 0.1) is 6.92 Å². The smallest absolute Gasteiger partial charge is 0.181 e. The van der Waals surface area contributed by atoms with Crippen LogP contribution in [-0.4, -0.2) is 10.7 Å². The number of aromatic nitrogens is 1. The fourth-order valence-corrected chi connectivity index (χ4v) is 4.39. The molecule has 2 N–H and O–H groups in total. The zero-order valence-corrected chi connectivity index (χ0v) is 14.8. The van der Waals surface area contributed by atoms with Crippen molar-refractivity contribution in [3.8, 4) is 0 Å². The van der Waals surface area contributed by atoms with E-state index in [-0.39, 0.29) is 0 Å². The standard InChI is InChI=1S/C16H30N2S2/c1-3-4-5-6-7-8-9-10-11-12-13-19-15-14(2)18-16(17)20-15/h3-13H2,1-2H3,(H2,17,18). The third kappa shape index (κ3) is 8.15. The van der Waals surface area contributed by atoms with Gasteiger partial charge in [-0.2, -0.15) is 0 Å². The summed E-state index contributed by atoms with van der Waals surface area (Å²) >= 11 is 3.55. The molecule has 116 valence electrons. The highest BCUT2D eigenvalue weighted by Crippen LogP contribution is 2.31. The molecule has 0 aliphatic carbocycles. The second-order valence-corrected chi connectivity index (χ2v) is 7.85. The molecule has 0 saturated carbocycles. The van der Waals surface area contributed by atoms with Gasteiger partial charge in [0.2, 0.25) is 0 Å². The average molecular weight is 315 g/mol. The van der Waals surface area contributed by atoms with Gasteiger partial charge in [-0.05, 0) is 19.1 Å². The lowest BCUT2D eigenvalue weighted by atomic mass is 10.1. The van der Waals surface area contributed by atoms with Crippen LogP contribution in [0.3, 0.4) is 0 Å². The van der Waals surface area contributed by atoms with Crippen LogP contribution in [-0.2, 0) is 0 Å². The van der Waals surface area contributed by atoms with Gasteiger partial charge in [0.25, 0.3) is 0 Å². The SMILES string of the molecule is CCCCCCCCCCCCSc1sc(N)nc1C. The van der Waals surface area contributed by atoms with Gasteiger partial charge in [0.1, 0.15) is 0 Å². The maximum absolute atomic E-state index is 5.70. The normalized spacial score (nSPS) is 11.1. The van der Waals surface area contributed by atoms with E-state index in [1.165, 1.54) is 74.2 Å². The summed E-state index contributed by atoms with van der Waals surface area (Å²) < 4.78 is 1.30. The molecule has 0 saturated heterocycles. The van der Waals surface area contributed by atoms with Crippen LogP contribution in [0.1, 0.15) is 76.8 Å². The number of thioether (sulfide) groups is 1. The van der Waals surface area contributed by atoms with Gasteiger partial charge in [-0.1, -0.05) is 76.0 Å². The summed E-state index contributed by atoms with van der Waals surface area (Å²) in [6.07, 6.45) is 14.0. The first-order valence-electron chi connectivity index (χ1n) is 8.09. The topological polar surface area (TPSA) is 38.9 Å². The Bertz CT molecular complexity index is 350. The molecule has 1 rings (SSSR count). The van der Waals surface area contributed by atoms with Crippen LogP contribution in [0.15, 0.2) is 4.21 Å². The van der Waals surface area contributed by atoms with Crippen LogP contribution >= 0.6 is 23.1 Å². The Morgan fingerprint density at radius 3 is 2.00 bits per heavy atom. The van der Waals surface area contributed by atoms with Gasteiger partial charge in [0.05, 0.1) is 9.90 Å². The van der Waals surface area contributed by atoms with Crippen LogP contribution in [0.4, 0.5) is 5.13 Å². The molecule has 0 radical (unpaired) electrons. The van der Waals surface area contributed by atoms with Gasteiger partial charge in [-0.15, -0.1) is 11.8 Å². The Labute approximate surface area is 132 Å². The van der Waals surface area contributed by atoms with Crippen LogP contribution in [0.25, 0.3) is 0 Å². The third-order valence-electron chi connectivity index (χ3n) is 3.50. The summed E-state index contributed by atoms with van der Waals surface area (Å²) in [4.78, 5) is 4.26. The van der Waals surface area contributed by atoms with Crippen molar-refractivity contribution in [2.24, 2.45) is 0 Å². The van der Waals surface area contributed by atoms with Crippen molar-refractivity contribution < 1.29 is 0 Å². The van der Waals surface area contributed by atoms with Gasteiger partial charge in [0, 0.05) is 0 Å². The first-order chi connectivity index (χ1) is 9.74. The molecule has 2 nitrogen and oxygen atoms in total. The van der Waals surface area contributed by atoms with Crippen molar-refractivity contribution >= 4 is 28.2 Å². The lowest BCUT2D eigenvalue weighted by Gasteiger charge is -2.02. The monoisotopic (exact) mass is 314 g/mol. The molecule has 0 aromatic carbocycles. The predicted molar refractivity (Wildman–Crippen MR) is 93.8 cm³/mol. The molecule has 0 atom stereocenters. The number of aryl methyl sites for hydroxylation is 1. The highest BCUT2D eigenvalue weighted by molar-refractivity contribution is 8.01. The van der Waals surface area contributed by atoms with Gasteiger partial charge in [-0.3, -0.25) is 0 Å². The molecule has 0 unspecified atom stereocenters. The maximum atomic E-state index is 5.70. The molecule has 0 bridgehead atoms. The van der Waals surface area contributed by atoms with E-state index in [0.717, 1.165) is 5.69 Å². The second kappa shape index (κ2) is 11.4. The summed E-state index contributed by atoms with van der Waals surface area (Å²) in [5, 5.41) is 0.702. The number of thiazole rings is 1. The number of hydrogen-bond acceptors (Lipinski definition) is 4. The molecule has 1 aromatic heterocycles. The first-order valence-corrected chi connectivity index (χ1v) is 9.90. The van der Waals surface area contributed by atoms with Gasteiger partial charge < -0.3 is 5.73 Å². The van der Waals surface area contributed by atoms with Crippen molar-refractivity contribution in [1.82, 2.24) is 4.98 Å². The van der Waals surface area contributed by atoms with E-state index < -0.39 is 0 Å². The van der Waals surface area contributed by atoms with Crippen LogP contribution < -0.4 is 5.73 Å². The Kier molecular flexibility index (Phi) is 10.2. The molecule has 0 aliphatic heterocycles. The Hall–Kier alpha value is -0.220. The second-order valence-electron chi connectivity index (χ2n) is 5.46. The van der Waals surface area contributed by atoms with E-state index in [4.69, 9.17) is 5.73 Å². The van der Waals surface area contributed by atoms with Crippen molar-refractivity contribution in [2.75, 3.05) is 11.5 Å². The van der Waals surface area contributed by atoms with Crippen LogP contribution in [0.5, 0.6) is 0 Å². The summed E-state index contributed by atoms with van der Waals surface area (Å²) in [5.41, 5.74) is 6.80. The number of hydrogen-bond donors (Lipinski definition) is 1. The number of anilines is 1. The summed E-state index contributed by atoms with van der Waals surface area (Å²) in [6, 6.07) is 0. The number of nitrogen functional groups attached to an aromatic ring is 1. The molecule has 0 fully saturated rings. The molecule has 1 aromatic rings. The number of nitrogens with zero attached hydrogens (tertiary/aromatic N) is 1. The molecular weight excluding hydrogens is 284 g/mol. The molecule has 0 spiro atoms. The minimum atomic E-state index is 0.702. The zero-order valence-electron chi connectivity index (χ0n) is 13.1. The molecule has 1 heterocycles. The van der Waals surface area contributed by atoms with Crippen molar-refractivity contribution in [3.05, 3.63) is 5.69 Å². The molecule has 4 heteroatoms. The average Bonchev–Trinajstić information content (AvgIpc) is 2.74. The molecule has 0 amide bonds. The fourth-order valence-electron chi connectivity index (χ4n) is 2.29. The van der Waals surface area contributed by atoms with Gasteiger partial charge in [-0.25, -0.2) is 4.98 Å². The maximum Gasteiger partial charge on any atom is 0.181 e. The largest absolute Gasteiger partial charge is 0.375 e. The van der Waals surface area contributed by atoms with E-state index in [1.807, 2.05) is 18.7 Å². The van der Waals surface area contributed by atoms with Crippen molar-refractivity contribution in [2.45, 2.75) is 82.3 Å². The summed E-state index contributed by atoms with van der Waals surface area (Å²) in [5.74, 6) is 1.21. The number of rotatable bonds is 12. The fraction of sp³-hybridized carbons (Fsp3) is 0.812. The van der Waals surface area contributed by atoms with E-state index >= 15 is 0 Å². The highest BCUT2D eigenvalue weighted by Gasteiger charge is 2.05. The first kappa shape index (κ1) is 17.8. The number of unbranched alkanes of at least 4 members (excludes halogenated alkanes) is 9. The van der Waals surface area contributed by atoms with Crippen LogP contribution in [0.2, 0.25) is 0 Å². The quantitative estimate of drug-likeness (QED) is 0.377. The number of nitrogens with two attached hydrogens (primary N) is 1. The molecule has 0 aliphatic rings. The van der Waals surface area contributed by atoms with E-state index in [0.29, 0.717) is 5.13 Å². The Balaban J connectivity index is 1.86. The summed E-state index contributed by atoms with van der Waals surface area (Å²) in [6.45, 7) is 4.33. The van der Waals surface area contributed by atoms with Gasteiger partial charge >= 0.3 is 0 Å². The van der Waals surface area contributed by atoms with E-state index in [1.54, 1.807) is 11.3 Å². The predicted octanol–water partition coefficient (Wildman–Crippen LogP) is 6.05. The van der Waals surface area contributed by atoms with Gasteiger partial charge in [0.15, 0.2) is 5.13 Å². The minimum Gasteiger partial charge on any atom is -0.375 e. The minimum absolute atomic E-state index is 0.702. The lowest BCUT2D eigenvalue weighted by molar-refractivity contribution is 0.563. The van der Waals surface area contributed by atoms with Crippen molar-refractivity contribution in [3.63, 3.8) is 0 Å². The summed E-state index contributed by atoms with van der Waals surface area (Å²) in [7, 11) is 0. The Morgan fingerprint density at radius 1 is 0.950 bits per heavy atom. The zero-order chi connectivity index (χ0) is 14.6. The Morgan fingerprint density at radius 2 is 1.50 bits per heavy atom. The molecular formula is C16H30N2S2.